The number of aromatic nitrogens is 2. The number of aromatic amines is 2. The van der Waals surface area contributed by atoms with E-state index in [2.05, 4.69) is 14.9 Å². The van der Waals surface area contributed by atoms with E-state index < -0.39 is 0 Å². The highest BCUT2D eigenvalue weighted by molar-refractivity contribution is 6.11. The van der Waals surface area contributed by atoms with Crippen LogP contribution in [0.4, 0.5) is 5.69 Å². The number of fused-ring (bicyclic) bond motifs is 4. The molecule has 1 fully saturated rings. The van der Waals surface area contributed by atoms with Crippen LogP contribution in [0.25, 0.3) is 21.8 Å². The molecule has 1 saturated heterocycles. The second-order valence-electron chi connectivity index (χ2n) is 10.1. The molecule has 0 radical (unpaired) electrons. The maximum absolute atomic E-state index is 13.6. The maximum atomic E-state index is 13.6. The van der Waals surface area contributed by atoms with Gasteiger partial charge in [0.15, 0.2) is 0 Å². The Balaban J connectivity index is 1.26. The van der Waals surface area contributed by atoms with Crippen molar-refractivity contribution in [2.75, 3.05) is 65.0 Å². The van der Waals surface area contributed by atoms with Crippen molar-refractivity contribution in [1.29, 1.82) is 0 Å². The Bertz CT molecular complexity index is 1530. The van der Waals surface area contributed by atoms with Gasteiger partial charge in [-0.15, -0.1) is 0 Å². The number of carbonyl (C=O) groups is 2. The van der Waals surface area contributed by atoms with Crippen LogP contribution >= 0.6 is 0 Å². The Hall–Kier alpha value is -4.02. The first-order valence-corrected chi connectivity index (χ1v) is 12.9. The van der Waals surface area contributed by atoms with Crippen LogP contribution < -0.4 is 9.64 Å². The number of phenolic OH excluding ortho intramolecular Hbond substituents is 1. The minimum absolute atomic E-state index is 0.00985. The normalized spacial score (nSPS) is 15.6. The third kappa shape index (κ3) is 4.35. The molecule has 6 rings (SSSR count). The molecule has 2 aliphatic heterocycles. The van der Waals surface area contributed by atoms with Crippen molar-refractivity contribution in [3.63, 3.8) is 0 Å². The summed E-state index contributed by atoms with van der Waals surface area (Å²) in [7, 11) is 4.00. The van der Waals surface area contributed by atoms with Gasteiger partial charge in [-0.1, -0.05) is 0 Å². The Labute approximate surface area is 219 Å². The van der Waals surface area contributed by atoms with Crippen molar-refractivity contribution in [3.8, 4) is 11.5 Å². The number of nitrogens with zero attached hydrogens (tertiary/aromatic N) is 3. The third-order valence-corrected chi connectivity index (χ3v) is 7.26. The lowest BCUT2D eigenvalue weighted by Crippen LogP contribution is -2.40. The second-order valence-corrected chi connectivity index (χ2v) is 10.1. The van der Waals surface area contributed by atoms with Crippen molar-refractivity contribution in [1.82, 2.24) is 19.8 Å². The summed E-state index contributed by atoms with van der Waals surface area (Å²) in [6.45, 7) is 3.98. The number of hydrogen-bond acceptors (Lipinski definition) is 6. The van der Waals surface area contributed by atoms with Gasteiger partial charge in [0.2, 0.25) is 0 Å². The molecular weight excluding hydrogens is 486 g/mol. The Kier molecular flexibility index (Phi) is 6.21. The monoisotopic (exact) mass is 517 g/mol. The fraction of sp³-hybridized carbons (Fsp3) is 0.357. The van der Waals surface area contributed by atoms with Crippen molar-refractivity contribution in [2.45, 2.75) is 6.42 Å². The molecular formula is C28H31N5O5. The number of H-pyrrole nitrogens is 2. The quantitative estimate of drug-likeness (QED) is 0.362. The van der Waals surface area contributed by atoms with Crippen LogP contribution in [-0.2, 0) is 11.2 Å². The first-order valence-electron chi connectivity index (χ1n) is 12.9. The topological polar surface area (TPSA) is 114 Å². The molecule has 4 aromatic rings. The van der Waals surface area contributed by atoms with Crippen LogP contribution in [0, 0.1) is 0 Å². The van der Waals surface area contributed by atoms with Gasteiger partial charge in [0.25, 0.3) is 11.8 Å². The number of benzene rings is 2. The first kappa shape index (κ1) is 24.3. The molecule has 0 aliphatic carbocycles. The predicted octanol–water partition coefficient (Wildman–Crippen LogP) is 2.97. The summed E-state index contributed by atoms with van der Waals surface area (Å²) in [5.41, 5.74) is 3.86. The lowest BCUT2D eigenvalue weighted by atomic mass is 10.1. The van der Waals surface area contributed by atoms with Crippen molar-refractivity contribution in [2.24, 2.45) is 0 Å². The van der Waals surface area contributed by atoms with Crippen molar-refractivity contribution >= 4 is 39.3 Å². The molecule has 0 unspecified atom stereocenters. The van der Waals surface area contributed by atoms with Gasteiger partial charge in [-0.2, -0.15) is 0 Å². The summed E-state index contributed by atoms with van der Waals surface area (Å²) in [6.07, 6.45) is 0.630. The standard InChI is InChI=1S/C28H31N5O5/c1-31(2)7-12-38-18-3-4-21-17(13-18)14-22(29-21)28(36)33-6-5-19-20-15-23(27(35)32-8-10-37-11-9-32)30-26(20)25(34)16-24(19)33/h3-4,13-16,29-30,34H,5-12H2,1-2H3. The summed E-state index contributed by atoms with van der Waals surface area (Å²) in [6, 6.07) is 11.0. The molecule has 2 amide bonds. The van der Waals surface area contributed by atoms with E-state index in [1.165, 1.54) is 0 Å². The number of rotatable bonds is 6. The maximum Gasteiger partial charge on any atom is 0.274 e. The number of phenols is 1. The van der Waals surface area contributed by atoms with Gasteiger partial charge in [0, 0.05) is 48.5 Å². The van der Waals surface area contributed by atoms with Crippen LogP contribution in [0.2, 0.25) is 0 Å². The zero-order valence-corrected chi connectivity index (χ0v) is 21.5. The van der Waals surface area contributed by atoms with Gasteiger partial charge in [-0.3, -0.25) is 9.59 Å². The van der Waals surface area contributed by atoms with E-state index >= 15 is 0 Å². The predicted molar refractivity (Wildman–Crippen MR) is 144 cm³/mol. The number of hydrogen-bond donors (Lipinski definition) is 3. The minimum Gasteiger partial charge on any atom is -0.506 e. The van der Waals surface area contributed by atoms with Crippen molar-refractivity contribution in [3.05, 3.63) is 53.3 Å². The number of amides is 2. The smallest absolute Gasteiger partial charge is 0.274 e. The molecule has 4 heterocycles. The molecule has 3 N–H and O–H groups in total. The zero-order chi connectivity index (χ0) is 26.4. The molecule has 0 saturated carbocycles. The lowest BCUT2D eigenvalue weighted by Gasteiger charge is -2.26. The van der Waals surface area contributed by atoms with E-state index in [0.29, 0.717) is 68.5 Å². The molecule has 0 spiro atoms. The Morgan fingerprint density at radius 2 is 1.82 bits per heavy atom. The molecule has 2 aromatic carbocycles. The minimum atomic E-state index is -0.172. The number of anilines is 1. The van der Waals surface area contributed by atoms with Gasteiger partial charge >= 0.3 is 0 Å². The van der Waals surface area contributed by atoms with E-state index in [1.807, 2.05) is 38.4 Å². The highest BCUT2D eigenvalue weighted by Crippen LogP contribution is 2.40. The fourth-order valence-corrected chi connectivity index (χ4v) is 5.24. The molecule has 2 aliphatic rings. The lowest BCUT2D eigenvalue weighted by molar-refractivity contribution is 0.0299. The number of likely N-dealkylation sites (N-methyl/N-ethyl adjacent to an activating group) is 1. The first-order chi connectivity index (χ1) is 18.4. The average Bonchev–Trinajstić information content (AvgIpc) is 3.64. The molecule has 0 atom stereocenters. The molecule has 2 aromatic heterocycles. The van der Waals surface area contributed by atoms with Crippen LogP contribution in [-0.4, -0.2) is 96.8 Å². The van der Waals surface area contributed by atoms with Gasteiger partial charge in [-0.25, -0.2) is 0 Å². The van der Waals surface area contributed by atoms with Gasteiger partial charge in [-0.05, 0) is 56.4 Å². The summed E-state index contributed by atoms with van der Waals surface area (Å²) >= 11 is 0. The summed E-state index contributed by atoms with van der Waals surface area (Å²) in [5, 5.41) is 12.5. The summed E-state index contributed by atoms with van der Waals surface area (Å²) in [4.78, 5) is 38.4. The van der Waals surface area contributed by atoms with Crippen LogP contribution in [0.3, 0.4) is 0 Å². The molecule has 10 nitrogen and oxygen atoms in total. The molecule has 198 valence electrons. The Morgan fingerprint density at radius 1 is 1.03 bits per heavy atom. The SMILES string of the molecule is CN(C)CCOc1ccc2[nH]c(C(=O)N3CCc4c3cc(O)c3[nH]c(C(=O)N5CCOCC5)cc43)cc2c1. The molecule has 10 heteroatoms. The number of morpholine rings is 1. The van der Waals surface area contributed by atoms with Gasteiger partial charge in [0.05, 0.1) is 24.4 Å². The number of nitrogens with one attached hydrogen (secondary N) is 2. The van der Waals surface area contributed by atoms with E-state index in [0.717, 1.165) is 34.1 Å². The highest BCUT2D eigenvalue weighted by atomic mass is 16.5. The highest BCUT2D eigenvalue weighted by Gasteiger charge is 2.31. The van der Waals surface area contributed by atoms with Crippen molar-refractivity contribution < 1.29 is 24.2 Å². The fourth-order valence-electron chi connectivity index (χ4n) is 5.24. The van der Waals surface area contributed by atoms with E-state index in [-0.39, 0.29) is 17.6 Å². The van der Waals surface area contributed by atoms with Crippen LogP contribution in [0.1, 0.15) is 26.5 Å². The molecule has 0 bridgehead atoms. The summed E-state index contributed by atoms with van der Waals surface area (Å²) < 4.78 is 11.2. The summed E-state index contributed by atoms with van der Waals surface area (Å²) in [5.74, 6) is 0.474. The largest absolute Gasteiger partial charge is 0.506 e. The second kappa shape index (κ2) is 9.70. The third-order valence-electron chi connectivity index (χ3n) is 7.26. The van der Waals surface area contributed by atoms with E-state index in [4.69, 9.17) is 9.47 Å². The molecule has 38 heavy (non-hydrogen) atoms. The van der Waals surface area contributed by atoms with Crippen LogP contribution in [0.15, 0.2) is 36.4 Å². The number of aromatic hydroxyl groups is 1. The van der Waals surface area contributed by atoms with Gasteiger partial charge in [0.1, 0.15) is 29.5 Å². The van der Waals surface area contributed by atoms with Crippen LogP contribution in [0.5, 0.6) is 11.5 Å². The zero-order valence-electron chi connectivity index (χ0n) is 21.5. The number of carbonyl (C=O) groups excluding carboxylic acids is 2. The van der Waals surface area contributed by atoms with Gasteiger partial charge < -0.3 is 39.2 Å². The van der Waals surface area contributed by atoms with E-state index in [1.54, 1.807) is 21.9 Å². The van der Waals surface area contributed by atoms with E-state index in [9.17, 15) is 14.7 Å². The average molecular weight is 518 g/mol. The number of ether oxygens (including phenoxy) is 2. The Morgan fingerprint density at radius 3 is 2.61 bits per heavy atom.